The molecule has 3 atom stereocenters. The van der Waals surface area contributed by atoms with Crippen molar-refractivity contribution in [2.24, 2.45) is 0 Å². The summed E-state index contributed by atoms with van der Waals surface area (Å²) in [6.07, 6.45) is 3.62. The molecular weight excluding hydrogens is 368 g/mol. The molecule has 0 aliphatic carbocycles. The van der Waals surface area contributed by atoms with Crippen LogP contribution >= 0.6 is 0 Å². The molecular formula is C22H28N4O3. The number of anilines is 1. The van der Waals surface area contributed by atoms with Crippen LogP contribution in [0.5, 0.6) is 0 Å². The number of aliphatic hydroxyl groups is 1. The van der Waals surface area contributed by atoms with Crippen molar-refractivity contribution in [3.8, 4) is 6.07 Å². The Balaban J connectivity index is 1.81. The average molecular weight is 396 g/mol. The fourth-order valence-corrected chi connectivity index (χ4v) is 3.77. The van der Waals surface area contributed by atoms with Gasteiger partial charge in [-0.05, 0) is 37.6 Å². The van der Waals surface area contributed by atoms with Gasteiger partial charge in [0.25, 0.3) is 5.91 Å². The number of hydrogen-bond donors (Lipinski definition) is 2. The first-order chi connectivity index (χ1) is 14.1. The third kappa shape index (κ3) is 4.84. The van der Waals surface area contributed by atoms with Gasteiger partial charge in [0.2, 0.25) is 0 Å². The van der Waals surface area contributed by atoms with Gasteiger partial charge in [-0.15, -0.1) is 0 Å². The number of pyridine rings is 1. The molecule has 2 aromatic rings. The van der Waals surface area contributed by atoms with Crippen molar-refractivity contribution in [1.29, 1.82) is 5.26 Å². The van der Waals surface area contributed by atoms with Crippen LogP contribution in [0.15, 0.2) is 30.5 Å². The summed E-state index contributed by atoms with van der Waals surface area (Å²) in [5.74, 6) is -0.201. The third-order valence-corrected chi connectivity index (χ3v) is 5.23. The first-order valence-electron chi connectivity index (χ1n) is 10.2. The third-order valence-electron chi connectivity index (χ3n) is 5.23. The lowest BCUT2D eigenvalue weighted by molar-refractivity contribution is -0.138. The fourth-order valence-electron chi connectivity index (χ4n) is 3.77. The number of nitriles is 1. The predicted octanol–water partition coefficient (Wildman–Crippen LogP) is 2.37. The van der Waals surface area contributed by atoms with Crippen LogP contribution < -0.4 is 10.2 Å². The SMILES string of the molecule is CCCC[C@@H](CO)NC(=O)[C@H]1CN(c2ccc(C#N)c3ncccc23)C[C@@H](C)O1. The lowest BCUT2D eigenvalue weighted by atomic mass is 10.1. The Hall–Kier alpha value is -2.69. The normalized spacial score (nSPS) is 20.3. The molecule has 1 fully saturated rings. The van der Waals surface area contributed by atoms with E-state index in [-0.39, 0.29) is 24.7 Å². The number of rotatable bonds is 7. The van der Waals surface area contributed by atoms with E-state index in [0.717, 1.165) is 30.3 Å². The lowest BCUT2D eigenvalue weighted by Crippen LogP contribution is -2.54. The van der Waals surface area contributed by atoms with Gasteiger partial charge in [-0.2, -0.15) is 5.26 Å². The van der Waals surface area contributed by atoms with E-state index < -0.39 is 6.10 Å². The molecule has 2 heterocycles. The number of carbonyl (C=O) groups is 1. The maximum absolute atomic E-state index is 12.8. The van der Waals surface area contributed by atoms with Crippen LogP contribution in [0.4, 0.5) is 5.69 Å². The number of morpholine rings is 1. The molecule has 1 aromatic carbocycles. The largest absolute Gasteiger partial charge is 0.394 e. The molecule has 0 bridgehead atoms. The van der Waals surface area contributed by atoms with Crippen LogP contribution in [0.25, 0.3) is 10.9 Å². The number of fused-ring (bicyclic) bond motifs is 1. The molecule has 29 heavy (non-hydrogen) atoms. The van der Waals surface area contributed by atoms with Crippen molar-refractivity contribution in [2.75, 3.05) is 24.6 Å². The Kier molecular flexibility index (Phi) is 7.02. The van der Waals surface area contributed by atoms with E-state index in [1.807, 2.05) is 25.1 Å². The maximum Gasteiger partial charge on any atom is 0.251 e. The number of aromatic nitrogens is 1. The van der Waals surface area contributed by atoms with E-state index in [4.69, 9.17) is 4.74 Å². The van der Waals surface area contributed by atoms with E-state index in [2.05, 4.69) is 28.2 Å². The number of aliphatic hydroxyl groups excluding tert-OH is 1. The molecule has 1 saturated heterocycles. The minimum Gasteiger partial charge on any atom is -0.394 e. The molecule has 3 rings (SSSR count). The highest BCUT2D eigenvalue weighted by molar-refractivity contribution is 5.95. The van der Waals surface area contributed by atoms with Gasteiger partial charge in [-0.1, -0.05) is 19.8 Å². The number of ether oxygens (including phenoxy) is 1. The fraction of sp³-hybridized carbons (Fsp3) is 0.500. The standard InChI is InChI=1S/C22H28N4O3/c1-3-4-6-17(14-27)25-22(28)20-13-26(12-15(2)29-20)19-9-8-16(11-23)21-18(19)7-5-10-24-21/h5,7-10,15,17,20,27H,3-4,6,12-14H2,1-2H3,(H,25,28)/t15-,17+,20-/m1/s1. The molecule has 1 aromatic heterocycles. The van der Waals surface area contributed by atoms with Crippen LogP contribution in [0.1, 0.15) is 38.7 Å². The molecule has 0 saturated carbocycles. The Bertz CT molecular complexity index is 895. The number of unbranched alkanes of at least 4 members (excludes halogenated alkanes) is 1. The van der Waals surface area contributed by atoms with Crippen molar-refractivity contribution >= 4 is 22.5 Å². The Morgan fingerprint density at radius 1 is 1.45 bits per heavy atom. The zero-order chi connectivity index (χ0) is 20.8. The predicted molar refractivity (Wildman–Crippen MR) is 112 cm³/mol. The van der Waals surface area contributed by atoms with E-state index in [1.54, 1.807) is 12.3 Å². The first-order valence-corrected chi connectivity index (χ1v) is 10.2. The molecule has 1 aliphatic heterocycles. The highest BCUT2D eigenvalue weighted by Gasteiger charge is 2.32. The highest BCUT2D eigenvalue weighted by atomic mass is 16.5. The summed E-state index contributed by atoms with van der Waals surface area (Å²) in [4.78, 5) is 19.3. The maximum atomic E-state index is 12.8. The average Bonchev–Trinajstić information content (AvgIpc) is 2.75. The van der Waals surface area contributed by atoms with Gasteiger partial charge >= 0.3 is 0 Å². The van der Waals surface area contributed by atoms with Crippen molar-refractivity contribution in [1.82, 2.24) is 10.3 Å². The molecule has 0 unspecified atom stereocenters. The molecule has 1 amide bonds. The molecule has 7 nitrogen and oxygen atoms in total. The number of nitrogens with zero attached hydrogens (tertiary/aromatic N) is 3. The van der Waals surface area contributed by atoms with Crippen LogP contribution in [0.2, 0.25) is 0 Å². The topological polar surface area (TPSA) is 98.5 Å². The second-order valence-corrected chi connectivity index (χ2v) is 7.51. The number of hydrogen-bond acceptors (Lipinski definition) is 6. The molecule has 7 heteroatoms. The van der Waals surface area contributed by atoms with Crippen molar-refractivity contribution in [3.05, 3.63) is 36.0 Å². The molecule has 154 valence electrons. The smallest absolute Gasteiger partial charge is 0.251 e. The van der Waals surface area contributed by atoms with E-state index in [0.29, 0.717) is 24.2 Å². The quantitative estimate of drug-likeness (QED) is 0.746. The number of benzene rings is 1. The Labute approximate surface area is 171 Å². The van der Waals surface area contributed by atoms with Crippen LogP contribution in [0.3, 0.4) is 0 Å². The summed E-state index contributed by atoms with van der Waals surface area (Å²) in [5.41, 5.74) is 2.12. The van der Waals surface area contributed by atoms with Crippen molar-refractivity contribution in [3.63, 3.8) is 0 Å². The number of carbonyl (C=O) groups excluding carboxylic acids is 1. The van der Waals surface area contributed by atoms with Crippen molar-refractivity contribution in [2.45, 2.75) is 51.4 Å². The second-order valence-electron chi connectivity index (χ2n) is 7.51. The summed E-state index contributed by atoms with van der Waals surface area (Å²) in [6.45, 7) is 4.98. The highest BCUT2D eigenvalue weighted by Crippen LogP contribution is 2.30. The minimum absolute atomic E-state index is 0.0797. The van der Waals surface area contributed by atoms with Gasteiger partial charge in [-0.25, -0.2) is 0 Å². The second kappa shape index (κ2) is 9.68. The summed E-state index contributed by atoms with van der Waals surface area (Å²) < 4.78 is 5.90. The van der Waals surface area contributed by atoms with Crippen LogP contribution in [-0.4, -0.2) is 53.9 Å². The lowest BCUT2D eigenvalue weighted by Gasteiger charge is -2.38. The zero-order valence-corrected chi connectivity index (χ0v) is 17.0. The van der Waals surface area contributed by atoms with Gasteiger partial charge in [0.05, 0.1) is 36.4 Å². The molecule has 1 aliphatic rings. The summed E-state index contributed by atoms with van der Waals surface area (Å²) in [7, 11) is 0. The van der Waals surface area contributed by atoms with E-state index >= 15 is 0 Å². The number of amides is 1. The molecule has 2 N–H and O–H groups in total. The Morgan fingerprint density at radius 3 is 3.00 bits per heavy atom. The summed E-state index contributed by atoms with van der Waals surface area (Å²) in [6, 6.07) is 9.41. The van der Waals surface area contributed by atoms with Gasteiger partial charge in [0, 0.05) is 23.8 Å². The monoisotopic (exact) mass is 396 g/mol. The van der Waals surface area contributed by atoms with E-state index in [1.165, 1.54) is 0 Å². The van der Waals surface area contributed by atoms with Crippen molar-refractivity contribution < 1.29 is 14.6 Å². The zero-order valence-electron chi connectivity index (χ0n) is 17.0. The Morgan fingerprint density at radius 2 is 2.28 bits per heavy atom. The molecule has 0 spiro atoms. The summed E-state index contributed by atoms with van der Waals surface area (Å²) >= 11 is 0. The van der Waals surface area contributed by atoms with Gasteiger partial charge in [0.1, 0.15) is 6.07 Å². The van der Waals surface area contributed by atoms with E-state index in [9.17, 15) is 15.2 Å². The number of nitrogens with one attached hydrogen (secondary N) is 1. The van der Waals surface area contributed by atoms with Gasteiger partial charge < -0.3 is 20.1 Å². The van der Waals surface area contributed by atoms with Crippen LogP contribution in [-0.2, 0) is 9.53 Å². The minimum atomic E-state index is -0.628. The van der Waals surface area contributed by atoms with Crippen LogP contribution in [0, 0.1) is 11.3 Å². The first kappa shape index (κ1) is 21.0. The summed E-state index contributed by atoms with van der Waals surface area (Å²) in [5, 5.41) is 22.7. The van der Waals surface area contributed by atoms with Gasteiger partial charge in [0.15, 0.2) is 6.10 Å². The van der Waals surface area contributed by atoms with Gasteiger partial charge in [-0.3, -0.25) is 9.78 Å². The molecule has 0 radical (unpaired) electrons.